The molecule has 3 heteroatoms. The highest BCUT2D eigenvalue weighted by molar-refractivity contribution is 5.86. The normalized spacial score (nSPS) is 19.3. The number of hydrogen-bond acceptors (Lipinski definition) is 2. The van der Waals surface area contributed by atoms with Crippen molar-refractivity contribution >= 4 is 11.6 Å². The molecule has 0 atom stereocenters. The van der Waals surface area contributed by atoms with Crippen LogP contribution in [0.4, 0.5) is 0 Å². The zero-order valence-corrected chi connectivity index (χ0v) is 10.0. The molecule has 0 aliphatic heterocycles. The molecule has 0 bridgehead atoms. The second-order valence-corrected chi connectivity index (χ2v) is 4.72. The Morgan fingerprint density at radius 1 is 1.27 bits per heavy atom. The molecule has 15 heavy (non-hydrogen) atoms. The molecule has 0 unspecified atom stereocenters. The molecular weight excluding hydrogens is 188 g/mol. The SMILES string of the molecule is C/C(=N\NC(=O)C(C)C)C1CCCCC1. The molecule has 0 aromatic heterocycles. The molecule has 1 rings (SSSR count). The van der Waals surface area contributed by atoms with E-state index in [-0.39, 0.29) is 11.8 Å². The average Bonchev–Trinajstić information content (AvgIpc) is 2.26. The minimum absolute atomic E-state index is 0.00478. The van der Waals surface area contributed by atoms with Gasteiger partial charge in [-0.25, -0.2) is 5.43 Å². The summed E-state index contributed by atoms with van der Waals surface area (Å²) in [5, 5.41) is 4.19. The van der Waals surface area contributed by atoms with Crippen molar-refractivity contribution in [3.8, 4) is 0 Å². The summed E-state index contributed by atoms with van der Waals surface area (Å²) >= 11 is 0. The molecular formula is C12H22N2O. The Balaban J connectivity index is 2.40. The Morgan fingerprint density at radius 2 is 1.87 bits per heavy atom. The lowest BCUT2D eigenvalue weighted by Crippen LogP contribution is -2.26. The van der Waals surface area contributed by atoms with Gasteiger partial charge in [0, 0.05) is 11.6 Å². The summed E-state index contributed by atoms with van der Waals surface area (Å²) in [5.74, 6) is 0.601. The van der Waals surface area contributed by atoms with E-state index in [1.165, 1.54) is 32.1 Å². The fraction of sp³-hybridized carbons (Fsp3) is 0.833. The molecule has 3 nitrogen and oxygen atoms in total. The fourth-order valence-electron chi connectivity index (χ4n) is 1.88. The largest absolute Gasteiger partial charge is 0.273 e. The quantitative estimate of drug-likeness (QED) is 0.564. The van der Waals surface area contributed by atoms with Gasteiger partial charge < -0.3 is 0 Å². The summed E-state index contributed by atoms with van der Waals surface area (Å²) in [6.07, 6.45) is 6.41. The maximum Gasteiger partial charge on any atom is 0.242 e. The van der Waals surface area contributed by atoms with E-state index in [1.54, 1.807) is 0 Å². The third-order valence-electron chi connectivity index (χ3n) is 3.06. The highest BCUT2D eigenvalue weighted by atomic mass is 16.2. The summed E-state index contributed by atoms with van der Waals surface area (Å²) in [6.45, 7) is 5.78. The number of amides is 1. The first-order valence-corrected chi connectivity index (χ1v) is 5.95. The van der Waals surface area contributed by atoms with Crippen LogP contribution < -0.4 is 5.43 Å². The highest BCUT2D eigenvalue weighted by Crippen LogP contribution is 2.24. The third kappa shape index (κ3) is 4.02. The molecule has 1 fully saturated rings. The molecule has 1 amide bonds. The summed E-state index contributed by atoms with van der Waals surface area (Å²) in [7, 11) is 0. The summed E-state index contributed by atoms with van der Waals surface area (Å²) < 4.78 is 0. The van der Waals surface area contributed by atoms with Gasteiger partial charge in [-0.05, 0) is 25.7 Å². The van der Waals surface area contributed by atoms with Crippen molar-refractivity contribution < 1.29 is 4.79 Å². The van der Waals surface area contributed by atoms with Crippen LogP contribution >= 0.6 is 0 Å². The zero-order chi connectivity index (χ0) is 11.3. The second kappa shape index (κ2) is 5.89. The van der Waals surface area contributed by atoms with Crippen LogP contribution in [0.1, 0.15) is 52.9 Å². The molecule has 1 aliphatic carbocycles. The standard InChI is InChI=1S/C12H22N2O/c1-9(2)12(15)14-13-10(3)11-7-5-4-6-8-11/h9,11H,4-8H2,1-3H3,(H,14,15)/b13-10+. The first-order valence-electron chi connectivity index (χ1n) is 5.95. The maximum atomic E-state index is 11.3. The van der Waals surface area contributed by atoms with Crippen molar-refractivity contribution in [1.82, 2.24) is 5.43 Å². The molecule has 0 spiro atoms. The van der Waals surface area contributed by atoms with Gasteiger partial charge in [0.1, 0.15) is 0 Å². The van der Waals surface area contributed by atoms with Crippen LogP contribution in [0.25, 0.3) is 0 Å². The van der Waals surface area contributed by atoms with Crippen molar-refractivity contribution in [2.45, 2.75) is 52.9 Å². The van der Waals surface area contributed by atoms with Crippen LogP contribution in [0.15, 0.2) is 5.10 Å². The number of nitrogens with one attached hydrogen (secondary N) is 1. The smallest absolute Gasteiger partial charge is 0.242 e. The lowest BCUT2D eigenvalue weighted by Gasteiger charge is -2.21. The van der Waals surface area contributed by atoms with Crippen LogP contribution in [0, 0.1) is 11.8 Å². The monoisotopic (exact) mass is 210 g/mol. The Bertz CT molecular complexity index is 240. The third-order valence-corrected chi connectivity index (χ3v) is 3.06. The van der Waals surface area contributed by atoms with E-state index in [0.29, 0.717) is 5.92 Å². The first kappa shape index (κ1) is 12.2. The molecule has 0 saturated heterocycles. The number of hydrogen-bond donors (Lipinski definition) is 1. The van der Waals surface area contributed by atoms with E-state index in [2.05, 4.69) is 10.5 Å². The molecule has 0 aromatic rings. The molecule has 0 radical (unpaired) electrons. The predicted molar refractivity (Wildman–Crippen MR) is 62.7 cm³/mol. The molecule has 0 heterocycles. The van der Waals surface area contributed by atoms with Crippen LogP contribution in [-0.2, 0) is 4.79 Å². The van der Waals surface area contributed by atoms with Crippen LogP contribution in [0.5, 0.6) is 0 Å². The van der Waals surface area contributed by atoms with Crippen molar-refractivity contribution in [2.24, 2.45) is 16.9 Å². The van der Waals surface area contributed by atoms with E-state index >= 15 is 0 Å². The van der Waals surface area contributed by atoms with Gasteiger partial charge in [0.15, 0.2) is 0 Å². The van der Waals surface area contributed by atoms with Gasteiger partial charge in [-0.2, -0.15) is 5.10 Å². The Morgan fingerprint density at radius 3 is 2.40 bits per heavy atom. The molecule has 0 aromatic carbocycles. The molecule has 1 N–H and O–H groups in total. The van der Waals surface area contributed by atoms with Crippen LogP contribution in [-0.4, -0.2) is 11.6 Å². The van der Waals surface area contributed by atoms with Crippen molar-refractivity contribution in [3.63, 3.8) is 0 Å². The number of hydrazone groups is 1. The van der Waals surface area contributed by atoms with Gasteiger partial charge in [-0.1, -0.05) is 33.1 Å². The average molecular weight is 210 g/mol. The van der Waals surface area contributed by atoms with E-state index in [0.717, 1.165) is 5.71 Å². The topological polar surface area (TPSA) is 41.5 Å². The van der Waals surface area contributed by atoms with Gasteiger partial charge in [0.05, 0.1) is 0 Å². The second-order valence-electron chi connectivity index (χ2n) is 4.72. The Kier molecular flexibility index (Phi) is 4.79. The molecule has 86 valence electrons. The summed E-state index contributed by atoms with van der Waals surface area (Å²) in [4.78, 5) is 11.3. The Labute approximate surface area is 92.3 Å². The van der Waals surface area contributed by atoms with Crippen molar-refractivity contribution in [3.05, 3.63) is 0 Å². The zero-order valence-electron chi connectivity index (χ0n) is 10.0. The summed E-state index contributed by atoms with van der Waals surface area (Å²) in [5.41, 5.74) is 3.71. The van der Waals surface area contributed by atoms with E-state index in [4.69, 9.17) is 0 Å². The number of nitrogens with zero attached hydrogens (tertiary/aromatic N) is 1. The van der Waals surface area contributed by atoms with Crippen LogP contribution in [0.2, 0.25) is 0 Å². The minimum atomic E-state index is 0.00478. The number of rotatable bonds is 3. The molecule has 1 aliphatic rings. The fourth-order valence-corrected chi connectivity index (χ4v) is 1.88. The van der Waals surface area contributed by atoms with Crippen molar-refractivity contribution in [2.75, 3.05) is 0 Å². The Hall–Kier alpha value is -0.860. The maximum absolute atomic E-state index is 11.3. The van der Waals surface area contributed by atoms with Gasteiger partial charge in [-0.15, -0.1) is 0 Å². The van der Waals surface area contributed by atoms with E-state index in [1.807, 2.05) is 20.8 Å². The van der Waals surface area contributed by atoms with Crippen LogP contribution in [0.3, 0.4) is 0 Å². The number of carbonyl (C=O) groups excluding carboxylic acids is 1. The first-order chi connectivity index (χ1) is 7.11. The molecule has 1 saturated carbocycles. The van der Waals surface area contributed by atoms with E-state index < -0.39 is 0 Å². The van der Waals surface area contributed by atoms with Gasteiger partial charge >= 0.3 is 0 Å². The highest BCUT2D eigenvalue weighted by Gasteiger charge is 2.16. The number of carbonyl (C=O) groups is 1. The van der Waals surface area contributed by atoms with E-state index in [9.17, 15) is 4.79 Å². The minimum Gasteiger partial charge on any atom is -0.273 e. The van der Waals surface area contributed by atoms with Gasteiger partial charge in [0.25, 0.3) is 0 Å². The summed E-state index contributed by atoms with van der Waals surface area (Å²) in [6, 6.07) is 0. The van der Waals surface area contributed by atoms with Gasteiger partial charge in [-0.3, -0.25) is 4.79 Å². The lowest BCUT2D eigenvalue weighted by atomic mass is 9.86. The lowest BCUT2D eigenvalue weighted by molar-refractivity contribution is -0.123. The van der Waals surface area contributed by atoms with Gasteiger partial charge in [0.2, 0.25) is 5.91 Å². The predicted octanol–water partition coefficient (Wildman–Crippen LogP) is 2.71. The van der Waals surface area contributed by atoms with Crippen molar-refractivity contribution in [1.29, 1.82) is 0 Å².